The quantitative estimate of drug-likeness (QED) is 0.537. The lowest BCUT2D eigenvalue weighted by Crippen LogP contribution is -2.07. The summed E-state index contributed by atoms with van der Waals surface area (Å²) in [5, 5.41) is 5.83. The highest BCUT2D eigenvalue weighted by Gasteiger charge is 2.07. The first-order chi connectivity index (χ1) is 11.6. The number of aromatic nitrogens is 1. The van der Waals surface area contributed by atoms with E-state index in [1.54, 1.807) is 12.1 Å². The van der Waals surface area contributed by atoms with Gasteiger partial charge in [0.2, 0.25) is 5.91 Å². The topological polar surface area (TPSA) is 42.0 Å². The summed E-state index contributed by atoms with van der Waals surface area (Å²) < 4.78 is 0.987. The fourth-order valence-electron chi connectivity index (χ4n) is 2.03. The van der Waals surface area contributed by atoms with Crippen LogP contribution in [0.25, 0.3) is 17.3 Å². The van der Waals surface area contributed by atoms with E-state index in [2.05, 4.69) is 26.2 Å². The number of carbonyl (C=O) groups excluding carboxylic acids is 1. The van der Waals surface area contributed by atoms with E-state index >= 15 is 0 Å². The number of thiazole rings is 1. The van der Waals surface area contributed by atoms with E-state index < -0.39 is 0 Å². The second-order valence-corrected chi connectivity index (χ2v) is 7.07. The molecule has 0 spiro atoms. The molecule has 1 aromatic heterocycles. The van der Waals surface area contributed by atoms with Crippen LogP contribution in [0.4, 0.5) is 5.13 Å². The summed E-state index contributed by atoms with van der Waals surface area (Å²) in [7, 11) is 0. The van der Waals surface area contributed by atoms with Crippen LogP contribution >= 0.6 is 38.9 Å². The molecule has 120 valence electrons. The maximum absolute atomic E-state index is 12.0. The largest absolute Gasteiger partial charge is 0.298 e. The Morgan fingerprint density at radius 2 is 2.04 bits per heavy atom. The number of hydrogen-bond donors (Lipinski definition) is 1. The second-order valence-electron chi connectivity index (χ2n) is 4.89. The van der Waals surface area contributed by atoms with Crippen molar-refractivity contribution < 1.29 is 4.79 Å². The Morgan fingerprint density at radius 1 is 1.21 bits per heavy atom. The molecule has 1 N–H and O–H groups in total. The van der Waals surface area contributed by atoms with Gasteiger partial charge in [0.05, 0.1) is 5.69 Å². The van der Waals surface area contributed by atoms with Crippen LogP contribution in [0.15, 0.2) is 64.5 Å². The van der Waals surface area contributed by atoms with E-state index in [4.69, 9.17) is 11.6 Å². The van der Waals surface area contributed by atoms with Crippen molar-refractivity contribution in [1.29, 1.82) is 0 Å². The average molecular weight is 420 g/mol. The number of carbonyl (C=O) groups is 1. The first-order valence-electron chi connectivity index (χ1n) is 7.07. The lowest BCUT2D eigenvalue weighted by atomic mass is 10.2. The number of halogens is 2. The van der Waals surface area contributed by atoms with Crippen molar-refractivity contribution >= 4 is 56.0 Å². The predicted molar refractivity (Wildman–Crippen MR) is 104 cm³/mol. The van der Waals surface area contributed by atoms with Gasteiger partial charge in [0, 0.05) is 26.5 Å². The van der Waals surface area contributed by atoms with Gasteiger partial charge in [-0.15, -0.1) is 11.3 Å². The van der Waals surface area contributed by atoms with Gasteiger partial charge in [-0.1, -0.05) is 57.9 Å². The second kappa shape index (κ2) is 7.75. The summed E-state index contributed by atoms with van der Waals surface area (Å²) in [5.41, 5.74) is 2.61. The summed E-state index contributed by atoms with van der Waals surface area (Å²) in [6, 6.07) is 15.2. The Morgan fingerprint density at radius 3 is 2.83 bits per heavy atom. The van der Waals surface area contributed by atoms with Gasteiger partial charge in [-0.3, -0.25) is 10.1 Å². The molecule has 0 bridgehead atoms. The number of anilines is 1. The molecule has 3 aromatic rings. The van der Waals surface area contributed by atoms with Gasteiger partial charge in [0.1, 0.15) is 0 Å². The maximum Gasteiger partial charge on any atom is 0.250 e. The predicted octanol–water partition coefficient (Wildman–Crippen LogP) is 5.88. The van der Waals surface area contributed by atoms with E-state index in [0.717, 1.165) is 21.3 Å². The number of rotatable bonds is 4. The molecule has 1 heterocycles. The molecule has 0 radical (unpaired) electrons. The minimum absolute atomic E-state index is 0.245. The molecule has 0 saturated heterocycles. The summed E-state index contributed by atoms with van der Waals surface area (Å²) in [6.07, 6.45) is 3.13. The lowest BCUT2D eigenvalue weighted by molar-refractivity contribution is -0.111. The number of nitrogens with zero attached hydrogens (tertiary/aromatic N) is 1. The summed E-state index contributed by atoms with van der Waals surface area (Å²) in [6.45, 7) is 0. The number of benzene rings is 2. The molecule has 0 saturated carbocycles. The zero-order valence-electron chi connectivity index (χ0n) is 12.4. The van der Waals surface area contributed by atoms with E-state index in [0.29, 0.717) is 10.2 Å². The minimum Gasteiger partial charge on any atom is -0.298 e. The summed E-state index contributed by atoms with van der Waals surface area (Å²) >= 11 is 10.9. The van der Waals surface area contributed by atoms with Crippen molar-refractivity contribution in [1.82, 2.24) is 4.98 Å². The fraction of sp³-hybridized carbons (Fsp3) is 0. The highest BCUT2D eigenvalue weighted by Crippen LogP contribution is 2.27. The van der Waals surface area contributed by atoms with Gasteiger partial charge in [-0.2, -0.15) is 0 Å². The Kier molecular flexibility index (Phi) is 5.45. The molecule has 0 aliphatic rings. The van der Waals surface area contributed by atoms with E-state index in [1.807, 2.05) is 47.8 Å². The molecule has 6 heteroatoms. The zero-order valence-corrected chi connectivity index (χ0v) is 15.5. The SMILES string of the molecule is O=C(C=Cc1ccccc1Cl)Nc1nc(-c2cccc(Br)c2)cs1. The standard InChI is InChI=1S/C18H12BrClN2OS/c19-14-6-3-5-13(10-14)16-11-24-18(21-16)22-17(23)9-8-12-4-1-2-7-15(12)20/h1-11H,(H,21,22,23). The molecule has 2 aromatic carbocycles. The van der Waals surface area contributed by atoms with Gasteiger partial charge >= 0.3 is 0 Å². The third kappa shape index (κ3) is 4.32. The minimum atomic E-state index is -0.245. The Balaban J connectivity index is 1.68. The number of nitrogens with one attached hydrogen (secondary N) is 1. The Labute approximate surface area is 157 Å². The van der Waals surface area contributed by atoms with E-state index in [-0.39, 0.29) is 5.91 Å². The van der Waals surface area contributed by atoms with Crippen LogP contribution in [0.5, 0.6) is 0 Å². The van der Waals surface area contributed by atoms with Crippen molar-refractivity contribution in [2.75, 3.05) is 5.32 Å². The van der Waals surface area contributed by atoms with Crippen molar-refractivity contribution in [2.24, 2.45) is 0 Å². The zero-order chi connectivity index (χ0) is 16.9. The molecular weight excluding hydrogens is 408 g/mol. The van der Waals surface area contributed by atoms with Crippen LogP contribution < -0.4 is 5.32 Å². The van der Waals surface area contributed by atoms with Gasteiger partial charge in [0.25, 0.3) is 0 Å². The fourth-order valence-corrected chi connectivity index (χ4v) is 3.35. The summed E-state index contributed by atoms with van der Waals surface area (Å²) in [4.78, 5) is 16.5. The van der Waals surface area contributed by atoms with E-state index in [1.165, 1.54) is 17.4 Å². The van der Waals surface area contributed by atoms with Crippen LogP contribution in [0, 0.1) is 0 Å². The normalized spacial score (nSPS) is 10.9. The first-order valence-corrected chi connectivity index (χ1v) is 9.12. The van der Waals surface area contributed by atoms with Crippen molar-refractivity contribution in [3.63, 3.8) is 0 Å². The molecule has 0 aliphatic heterocycles. The molecule has 1 amide bonds. The Bertz CT molecular complexity index is 907. The number of amides is 1. The summed E-state index contributed by atoms with van der Waals surface area (Å²) in [5.74, 6) is -0.245. The third-order valence-corrected chi connectivity index (χ3v) is 4.77. The molecule has 0 fully saturated rings. The monoisotopic (exact) mass is 418 g/mol. The highest BCUT2D eigenvalue weighted by molar-refractivity contribution is 9.10. The first kappa shape index (κ1) is 16.9. The van der Waals surface area contributed by atoms with Crippen molar-refractivity contribution in [3.05, 3.63) is 75.0 Å². The smallest absolute Gasteiger partial charge is 0.250 e. The van der Waals surface area contributed by atoms with Crippen LogP contribution in [-0.2, 0) is 4.79 Å². The molecule has 3 nitrogen and oxygen atoms in total. The molecule has 24 heavy (non-hydrogen) atoms. The average Bonchev–Trinajstić information content (AvgIpc) is 3.02. The number of hydrogen-bond acceptors (Lipinski definition) is 3. The molecule has 0 atom stereocenters. The lowest BCUT2D eigenvalue weighted by Gasteiger charge is -1.99. The maximum atomic E-state index is 12.0. The van der Waals surface area contributed by atoms with E-state index in [9.17, 15) is 4.79 Å². The van der Waals surface area contributed by atoms with Crippen molar-refractivity contribution in [2.45, 2.75) is 0 Å². The van der Waals surface area contributed by atoms with Crippen LogP contribution in [0.3, 0.4) is 0 Å². The molecule has 0 aliphatic carbocycles. The van der Waals surface area contributed by atoms with Gasteiger partial charge < -0.3 is 0 Å². The van der Waals surface area contributed by atoms with Crippen LogP contribution in [0.1, 0.15) is 5.56 Å². The van der Waals surface area contributed by atoms with Crippen LogP contribution in [-0.4, -0.2) is 10.9 Å². The van der Waals surface area contributed by atoms with Crippen molar-refractivity contribution in [3.8, 4) is 11.3 Å². The van der Waals surface area contributed by atoms with Gasteiger partial charge in [0.15, 0.2) is 5.13 Å². The van der Waals surface area contributed by atoms with Crippen LogP contribution in [0.2, 0.25) is 5.02 Å². The highest BCUT2D eigenvalue weighted by atomic mass is 79.9. The Hall–Kier alpha value is -1.95. The van der Waals surface area contributed by atoms with Gasteiger partial charge in [-0.05, 0) is 29.8 Å². The molecule has 0 unspecified atom stereocenters. The third-order valence-electron chi connectivity index (χ3n) is 3.17. The molecule has 3 rings (SSSR count). The molecular formula is C18H12BrClN2OS. The van der Waals surface area contributed by atoms with Gasteiger partial charge in [-0.25, -0.2) is 4.98 Å².